The van der Waals surface area contributed by atoms with Gasteiger partial charge in [0.1, 0.15) is 5.82 Å². The molecule has 1 unspecified atom stereocenters. The lowest BCUT2D eigenvalue weighted by Crippen LogP contribution is -2.34. The van der Waals surface area contributed by atoms with E-state index >= 15 is 0 Å². The first-order valence-electron chi connectivity index (χ1n) is 8.87. The first-order chi connectivity index (χ1) is 13.0. The maximum Gasteiger partial charge on any atom is 0.319 e. The number of aryl methyl sites for hydroxylation is 1. The Morgan fingerprint density at radius 3 is 2.81 bits per heavy atom. The molecule has 3 amide bonds. The third-order valence-corrected chi connectivity index (χ3v) is 5.58. The maximum atomic E-state index is 14.0. The number of thioether (sulfide) groups is 1. The smallest absolute Gasteiger partial charge is 0.319 e. The molecule has 0 spiro atoms. The summed E-state index contributed by atoms with van der Waals surface area (Å²) in [7, 11) is 0. The molecule has 0 bridgehead atoms. The molecule has 3 N–H and O–H groups in total. The quantitative estimate of drug-likeness (QED) is 0.703. The van der Waals surface area contributed by atoms with Crippen molar-refractivity contribution in [2.45, 2.75) is 37.6 Å². The lowest BCUT2D eigenvalue weighted by atomic mass is 10.0. The van der Waals surface area contributed by atoms with Crippen LogP contribution in [0.15, 0.2) is 41.3 Å². The second-order valence-electron chi connectivity index (χ2n) is 6.38. The fourth-order valence-electron chi connectivity index (χ4n) is 2.94. The molecule has 0 saturated carbocycles. The van der Waals surface area contributed by atoms with Gasteiger partial charge in [-0.2, -0.15) is 0 Å². The number of nitrogens with one attached hydrogen (secondary N) is 3. The number of carbonyl (C=O) groups excluding carboxylic acids is 2. The summed E-state index contributed by atoms with van der Waals surface area (Å²) in [5, 5.41) is 8.54. The van der Waals surface area contributed by atoms with Crippen molar-refractivity contribution in [3.05, 3.63) is 53.3 Å². The third kappa shape index (κ3) is 4.60. The Balaban J connectivity index is 1.71. The van der Waals surface area contributed by atoms with Crippen LogP contribution in [0.5, 0.6) is 0 Å². The van der Waals surface area contributed by atoms with Gasteiger partial charge in [0.15, 0.2) is 0 Å². The molecular weight excluding hydrogens is 365 g/mol. The summed E-state index contributed by atoms with van der Waals surface area (Å²) in [6.07, 6.45) is 1.12. The average Bonchev–Trinajstić information content (AvgIpc) is 2.65. The number of urea groups is 1. The number of anilines is 2. The molecular formula is C20H22FN3O2S. The first kappa shape index (κ1) is 19.2. The van der Waals surface area contributed by atoms with Gasteiger partial charge in [0.2, 0.25) is 5.91 Å². The van der Waals surface area contributed by atoms with E-state index < -0.39 is 0 Å². The van der Waals surface area contributed by atoms with E-state index in [9.17, 15) is 14.0 Å². The van der Waals surface area contributed by atoms with Gasteiger partial charge < -0.3 is 16.0 Å². The van der Waals surface area contributed by atoms with Crippen LogP contribution in [0.25, 0.3) is 0 Å². The molecule has 1 atom stereocenters. The Labute approximate surface area is 162 Å². The summed E-state index contributed by atoms with van der Waals surface area (Å²) in [5.41, 5.74) is 2.93. The van der Waals surface area contributed by atoms with Crippen molar-refractivity contribution in [2.24, 2.45) is 0 Å². The van der Waals surface area contributed by atoms with E-state index in [4.69, 9.17) is 0 Å². The van der Waals surface area contributed by atoms with E-state index in [0.29, 0.717) is 22.7 Å². The Bertz CT molecular complexity index is 872. The molecule has 3 rings (SSSR count). The van der Waals surface area contributed by atoms with Gasteiger partial charge in [-0.25, -0.2) is 9.18 Å². The minimum Gasteiger partial charge on any atom is -0.331 e. The van der Waals surface area contributed by atoms with Crippen LogP contribution in [0.2, 0.25) is 0 Å². The highest BCUT2D eigenvalue weighted by molar-refractivity contribution is 7.99. The molecule has 142 valence electrons. The minimum atomic E-state index is -0.357. The van der Waals surface area contributed by atoms with E-state index in [1.165, 1.54) is 17.8 Å². The predicted molar refractivity (Wildman–Crippen MR) is 107 cm³/mol. The zero-order valence-electron chi connectivity index (χ0n) is 15.3. The molecule has 2 aromatic rings. The first-order valence-corrected chi connectivity index (χ1v) is 9.85. The zero-order valence-corrected chi connectivity index (χ0v) is 16.1. The number of rotatable bonds is 4. The summed E-state index contributed by atoms with van der Waals surface area (Å²) < 4.78 is 14.0. The van der Waals surface area contributed by atoms with Crippen molar-refractivity contribution in [3.8, 4) is 0 Å². The lowest BCUT2D eigenvalue weighted by molar-refractivity contribution is -0.115. The molecule has 1 aliphatic rings. The monoisotopic (exact) mass is 387 g/mol. The van der Waals surface area contributed by atoms with Crippen LogP contribution >= 0.6 is 11.8 Å². The number of hydrogen-bond donors (Lipinski definition) is 3. The van der Waals surface area contributed by atoms with Gasteiger partial charge in [-0.05, 0) is 42.7 Å². The Kier molecular flexibility index (Phi) is 6.01. The van der Waals surface area contributed by atoms with Gasteiger partial charge in [0.05, 0.1) is 6.04 Å². The van der Waals surface area contributed by atoms with Crippen molar-refractivity contribution in [1.82, 2.24) is 5.32 Å². The minimum absolute atomic E-state index is 0.0902. The largest absolute Gasteiger partial charge is 0.331 e. The molecule has 1 aliphatic heterocycles. The molecule has 0 aliphatic carbocycles. The van der Waals surface area contributed by atoms with Gasteiger partial charge in [-0.3, -0.25) is 4.79 Å². The maximum absolute atomic E-state index is 14.0. The van der Waals surface area contributed by atoms with E-state index in [0.717, 1.165) is 23.3 Å². The highest BCUT2D eigenvalue weighted by Gasteiger charge is 2.24. The van der Waals surface area contributed by atoms with Crippen LogP contribution in [0.3, 0.4) is 0 Å². The van der Waals surface area contributed by atoms with Gasteiger partial charge in [-0.1, -0.05) is 25.1 Å². The number of halogens is 1. The highest BCUT2D eigenvalue weighted by atomic mass is 32.2. The SMILES string of the molecule is CCC(=O)Nc1ccc(C)c(NC(=O)NC2CCSc3c(F)cccc32)c1. The van der Waals surface area contributed by atoms with E-state index in [-0.39, 0.29) is 23.8 Å². The van der Waals surface area contributed by atoms with Crippen molar-refractivity contribution in [1.29, 1.82) is 0 Å². The second-order valence-corrected chi connectivity index (χ2v) is 7.48. The summed E-state index contributed by atoms with van der Waals surface area (Å²) in [6.45, 7) is 3.65. The predicted octanol–water partition coefficient (Wildman–Crippen LogP) is 4.84. The standard InChI is InChI=1S/C20H22FN3O2S/c1-3-18(25)22-13-8-7-12(2)17(11-13)24-20(26)23-16-9-10-27-19-14(16)5-4-6-15(19)21/h4-8,11,16H,3,9-10H2,1-2H3,(H,22,25)(H2,23,24,26). The Morgan fingerprint density at radius 2 is 2.04 bits per heavy atom. The van der Waals surface area contributed by atoms with Gasteiger partial charge in [0, 0.05) is 28.4 Å². The molecule has 0 radical (unpaired) electrons. The van der Waals surface area contributed by atoms with Crippen molar-refractivity contribution < 1.29 is 14.0 Å². The van der Waals surface area contributed by atoms with Crippen LogP contribution in [0.1, 0.15) is 36.9 Å². The number of amides is 3. The zero-order chi connectivity index (χ0) is 19.4. The molecule has 5 nitrogen and oxygen atoms in total. The highest BCUT2D eigenvalue weighted by Crippen LogP contribution is 2.37. The molecule has 0 aromatic heterocycles. The summed E-state index contributed by atoms with van der Waals surface area (Å²) >= 11 is 1.48. The van der Waals surface area contributed by atoms with Crippen molar-refractivity contribution in [3.63, 3.8) is 0 Å². The normalized spacial score (nSPS) is 15.6. The fourth-order valence-corrected chi connectivity index (χ4v) is 4.08. The van der Waals surface area contributed by atoms with E-state index in [2.05, 4.69) is 16.0 Å². The molecule has 27 heavy (non-hydrogen) atoms. The van der Waals surface area contributed by atoms with Crippen LogP contribution in [0.4, 0.5) is 20.6 Å². The molecule has 7 heteroatoms. The van der Waals surface area contributed by atoms with Crippen LogP contribution in [-0.4, -0.2) is 17.7 Å². The number of fused-ring (bicyclic) bond motifs is 1. The number of carbonyl (C=O) groups is 2. The number of benzene rings is 2. The Hall–Kier alpha value is -2.54. The van der Waals surface area contributed by atoms with E-state index in [1.54, 1.807) is 25.1 Å². The van der Waals surface area contributed by atoms with Gasteiger partial charge >= 0.3 is 6.03 Å². The lowest BCUT2D eigenvalue weighted by Gasteiger charge is -2.26. The van der Waals surface area contributed by atoms with Crippen LogP contribution in [0, 0.1) is 12.7 Å². The molecule has 0 fully saturated rings. The second kappa shape index (κ2) is 8.43. The summed E-state index contributed by atoms with van der Waals surface area (Å²) in [6, 6.07) is 9.72. The number of hydrogen-bond acceptors (Lipinski definition) is 3. The molecule has 0 saturated heterocycles. The van der Waals surface area contributed by atoms with E-state index in [1.807, 2.05) is 19.1 Å². The Morgan fingerprint density at radius 1 is 1.22 bits per heavy atom. The summed E-state index contributed by atoms with van der Waals surface area (Å²) in [5.74, 6) is 0.406. The van der Waals surface area contributed by atoms with Crippen molar-refractivity contribution in [2.75, 3.05) is 16.4 Å². The van der Waals surface area contributed by atoms with Crippen LogP contribution < -0.4 is 16.0 Å². The van der Waals surface area contributed by atoms with Gasteiger partial charge in [-0.15, -0.1) is 11.8 Å². The third-order valence-electron chi connectivity index (χ3n) is 4.42. The summed E-state index contributed by atoms with van der Waals surface area (Å²) in [4.78, 5) is 24.7. The average molecular weight is 387 g/mol. The van der Waals surface area contributed by atoms with Crippen molar-refractivity contribution >= 4 is 35.1 Å². The molecule has 2 aromatic carbocycles. The fraction of sp³-hybridized carbons (Fsp3) is 0.300. The molecule has 1 heterocycles. The topological polar surface area (TPSA) is 70.2 Å². The van der Waals surface area contributed by atoms with Crippen LogP contribution in [-0.2, 0) is 4.79 Å². The van der Waals surface area contributed by atoms with Gasteiger partial charge in [0.25, 0.3) is 0 Å².